The van der Waals surface area contributed by atoms with Crippen molar-refractivity contribution in [2.45, 2.75) is 0 Å². The second kappa shape index (κ2) is 7.11. The van der Waals surface area contributed by atoms with Gasteiger partial charge in [-0.3, -0.25) is 4.79 Å². The lowest BCUT2D eigenvalue weighted by atomic mass is 10.0. The number of hydrogen-bond donors (Lipinski definition) is 1. The number of carbonyl (C=O) groups is 1. The first-order chi connectivity index (χ1) is 11.1. The van der Waals surface area contributed by atoms with Crippen LogP contribution in [0.2, 0.25) is 0 Å². The fourth-order valence-electron chi connectivity index (χ4n) is 2.31. The first-order valence-corrected chi connectivity index (χ1v) is 8.64. The highest BCUT2D eigenvalue weighted by molar-refractivity contribution is 9.10. The summed E-state index contributed by atoms with van der Waals surface area (Å²) < 4.78 is 1.80. The minimum Gasteiger partial charge on any atom is -0.321 e. The van der Waals surface area contributed by atoms with E-state index in [4.69, 9.17) is 0 Å². The third-order valence-corrected chi connectivity index (χ3v) is 4.67. The summed E-state index contributed by atoms with van der Waals surface area (Å²) >= 11 is 6.86. The van der Waals surface area contributed by atoms with Crippen LogP contribution in [0.1, 0.15) is 10.4 Å². The van der Waals surface area contributed by atoms with E-state index < -0.39 is 0 Å². The van der Waals surface area contributed by atoms with Crippen molar-refractivity contribution in [2.24, 2.45) is 0 Å². The van der Waals surface area contributed by atoms with Crippen LogP contribution in [0.25, 0.3) is 11.1 Å². The van der Waals surface area contributed by atoms with Crippen molar-refractivity contribution < 1.29 is 4.79 Å². The Kier molecular flexibility index (Phi) is 4.94. The molecule has 114 valence electrons. The van der Waals surface area contributed by atoms with Gasteiger partial charge in [-0.05, 0) is 51.8 Å². The molecule has 0 heterocycles. The highest BCUT2D eigenvalue weighted by Gasteiger charge is 2.12. The summed E-state index contributed by atoms with van der Waals surface area (Å²) in [6, 6.07) is 23.2. The molecule has 3 aromatic carbocycles. The molecular weight excluding hydrogens is 418 g/mol. The molecule has 0 unspecified atom stereocenters. The second-order valence-corrected chi connectivity index (χ2v) is 6.76. The number of nitrogens with one attached hydrogen (secondary N) is 1. The van der Waals surface area contributed by atoms with Crippen LogP contribution in [-0.4, -0.2) is 5.91 Å². The molecule has 23 heavy (non-hydrogen) atoms. The molecule has 0 radical (unpaired) electrons. The summed E-state index contributed by atoms with van der Waals surface area (Å²) in [6.07, 6.45) is 0. The quantitative estimate of drug-likeness (QED) is 0.531. The maximum Gasteiger partial charge on any atom is 0.256 e. The SMILES string of the molecule is O=C(Nc1ccccc1-c1ccc(Br)cc1)c1ccccc1Br. The van der Waals surface area contributed by atoms with Crippen LogP contribution in [-0.2, 0) is 0 Å². The standard InChI is InChI=1S/C19H13Br2NO/c20-14-11-9-13(10-12-14)15-5-2-4-8-18(15)22-19(23)16-6-1-3-7-17(16)21/h1-12H,(H,22,23). The van der Waals surface area contributed by atoms with Crippen LogP contribution in [0.3, 0.4) is 0 Å². The lowest BCUT2D eigenvalue weighted by Gasteiger charge is -2.12. The van der Waals surface area contributed by atoms with Crippen molar-refractivity contribution in [3.05, 3.63) is 87.3 Å². The summed E-state index contributed by atoms with van der Waals surface area (Å²) in [5.41, 5.74) is 3.44. The number of carbonyl (C=O) groups excluding carboxylic acids is 1. The number of anilines is 1. The van der Waals surface area contributed by atoms with Gasteiger partial charge < -0.3 is 5.32 Å². The van der Waals surface area contributed by atoms with E-state index in [9.17, 15) is 4.79 Å². The van der Waals surface area contributed by atoms with Crippen LogP contribution < -0.4 is 5.32 Å². The maximum atomic E-state index is 12.5. The van der Waals surface area contributed by atoms with Gasteiger partial charge in [-0.2, -0.15) is 0 Å². The van der Waals surface area contributed by atoms with Crippen molar-refractivity contribution in [3.8, 4) is 11.1 Å². The van der Waals surface area contributed by atoms with E-state index in [1.807, 2.05) is 66.7 Å². The molecular formula is C19H13Br2NO. The minimum absolute atomic E-state index is 0.137. The normalized spacial score (nSPS) is 10.3. The molecule has 0 spiro atoms. The molecule has 1 N–H and O–H groups in total. The molecule has 0 aliphatic rings. The van der Waals surface area contributed by atoms with E-state index in [0.717, 1.165) is 25.8 Å². The minimum atomic E-state index is -0.137. The topological polar surface area (TPSA) is 29.1 Å². The van der Waals surface area contributed by atoms with Crippen molar-refractivity contribution in [2.75, 3.05) is 5.32 Å². The third-order valence-electron chi connectivity index (χ3n) is 3.45. The molecule has 0 atom stereocenters. The zero-order valence-corrected chi connectivity index (χ0v) is 15.3. The van der Waals surface area contributed by atoms with E-state index in [2.05, 4.69) is 37.2 Å². The Labute approximate surface area is 151 Å². The molecule has 0 aliphatic carbocycles. The second-order valence-electron chi connectivity index (χ2n) is 4.99. The molecule has 0 saturated carbocycles. The van der Waals surface area contributed by atoms with E-state index >= 15 is 0 Å². The number of para-hydroxylation sites is 1. The smallest absolute Gasteiger partial charge is 0.256 e. The average molecular weight is 431 g/mol. The van der Waals surface area contributed by atoms with Crippen LogP contribution in [0.5, 0.6) is 0 Å². The number of rotatable bonds is 3. The largest absolute Gasteiger partial charge is 0.321 e. The molecule has 0 aliphatic heterocycles. The summed E-state index contributed by atoms with van der Waals surface area (Å²) in [4.78, 5) is 12.5. The molecule has 0 bridgehead atoms. The number of hydrogen-bond acceptors (Lipinski definition) is 1. The Morgan fingerprint density at radius 2 is 1.43 bits per heavy atom. The highest BCUT2D eigenvalue weighted by atomic mass is 79.9. The molecule has 4 heteroatoms. The van der Waals surface area contributed by atoms with Gasteiger partial charge in [0.2, 0.25) is 0 Å². The zero-order chi connectivity index (χ0) is 16.2. The fourth-order valence-corrected chi connectivity index (χ4v) is 3.04. The summed E-state index contributed by atoms with van der Waals surface area (Å²) in [7, 11) is 0. The van der Waals surface area contributed by atoms with E-state index in [-0.39, 0.29) is 5.91 Å². The molecule has 0 fully saturated rings. The lowest BCUT2D eigenvalue weighted by molar-refractivity contribution is 0.102. The van der Waals surface area contributed by atoms with Gasteiger partial charge in [-0.1, -0.05) is 58.4 Å². The number of benzene rings is 3. The van der Waals surface area contributed by atoms with Crippen molar-refractivity contribution in [1.82, 2.24) is 0 Å². The number of halogens is 2. The first kappa shape index (κ1) is 16.0. The third kappa shape index (κ3) is 3.71. The Bertz CT molecular complexity index is 844. The Morgan fingerprint density at radius 3 is 2.17 bits per heavy atom. The van der Waals surface area contributed by atoms with Gasteiger partial charge in [0, 0.05) is 20.2 Å². The van der Waals surface area contributed by atoms with E-state index in [1.54, 1.807) is 6.07 Å². The summed E-state index contributed by atoms with van der Waals surface area (Å²) in [5.74, 6) is -0.137. The molecule has 3 rings (SSSR count). The van der Waals surface area contributed by atoms with Gasteiger partial charge in [-0.25, -0.2) is 0 Å². The van der Waals surface area contributed by atoms with Crippen molar-refractivity contribution in [1.29, 1.82) is 0 Å². The Balaban J connectivity index is 1.94. The Morgan fingerprint density at radius 1 is 0.783 bits per heavy atom. The molecule has 0 saturated heterocycles. The van der Waals surface area contributed by atoms with Crippen molar-refractivity contribution >= 4 is 43.5 Å². The monoisotopic (exact) mass is 429 g/mol. The van der Waals surface area contributed by atoms with Crippen LogP contribution in [0.15, 0.2) is 81.7 Å². The van der Waals surface area contributed by atoms with Gasteiger partial charge >= 0.3 is 0 Å². The predicted octanol–water partition coefficient (Wildman–Crippen LogP) is 6.13. The number of amides is 1. The summed E-state index contributed by atoms with van der Waals surface area (Å²) in [5, 5.41) is 3.00. The van der Waals surface area contributed by atoms with Crippen LogP contribution >= 0.6 is 31.9 Å². The maximum absolute atomic E-state index is 12.5. The average Bonchev–Trinajstić information content (AvgIpc) is 2.56. The van der Waals surface area contributed by atoms with Crippen molar-refractivity contribution in [3.63, 3.8) is 0 Å². The first-order valence-electron chi connectivity index (χ1n) is 7.06. The fraction of sp³-hybridized carbons (Fsp3) is 0. The predicted molar refractivity (Wildman–Crippen MR) is 102 cm³/mol. The van der Waals surface area contributed by atoms with Gasteiger partial charge in [0.25, 0.3) is 5.91 Å². The van der Waals surface area contributed by atoms with Gasteiger partial charge in [0.15, 0.2) is 0 Å². The van der Waals surface area contributed by atoms with E-state index in [0.29, 0.717) is 5.56 Å². The van der Waals surface area contributed by atoms with E-state index in [1.165, 1.54) is 0 Å². The molecule has 2 nitrogen and oxygen atoms in total. The Hall–Kier alpha value is -1.91. The van der Waals surface area contributed by atoms with Gasteiger partial charge in [0.1, 0.15) is 0 Å². The van der Waals surface area contributed by atoms with Gasteiger partial charge in [-0.15, -0.1) is 0 Å². The zero-order valence-electron chi connectivity index (χ0n) is 12.1. The highest BCUT2D eigenvalue weighted by Crippen LogP contribution is 2.29. The molecule has 1 amide bonds. The molecule has 0 aromatic heterocycles. The van der Waals surface area contributed by atoms with Gasteiger partial charge in [0.05, 0.1) is 5.56 Å². The van der Waals surface area contributed by atoms with Crippen LogP contribution in [0.4, 0.5) is 5.69 Å². The summed E-state index contributed by atoms with van der Waals surface area (Å²) in [6.45, 7) is 0. The molecule has 3 aromatic rings. The van der Waals surface area contributed by atoms with Crippen LogP contribution in [0, 0.1) is 0 Å². The lowest BCUT2D eigenvalue weighted by Crippen LogP contribution is -2.13.